The monoisotopic (exact) mass is 428 g/mol. The van der Waals surface area contributed by atoms with E-state index in [0.29, 0.717) is 23.1 Å². The van der Waals surface area contributed by atoms with Gasteiger partial charge in [-0.2, -0.15) is 0 Å². The molecule has 1 aliphatic heterocycles. The van der Waals surface area contributed by atoms with Crippen molar-refractivity contribution in [2.45, 2.75) is 32.9 Å². The molecule has 0 saturated carbocycles. The molecule has 0 spiro atoms. The van der Waals surface area contributed by atoms with Crippen molar-refractivity contribution in [3.8, 4) is 5.75 Å². The Hall–Kier alpha value is -2.29. The zero-order valence-corrected chi connectivity index (χ0v) is 18.0. The van der Waals surface area contributed by atoms with Crippen LogP contribution in [0.3, 0.4) is 0 Å². The summed E-state index contributed by atoms with van der Waals surface area (Å²) in [6.45, 7) is 5.83. The fraction of sp³-hybridized carbons (Fsp3) is 0.381. The van der Waals surface area contributed by atoms with E-state index >= 15 is 0 Å². The predicted molar refractivity (Wildman–Crippen MR) is 117 cm³/mol. The maximum Gasteiger partial charge on any atom is 0.257 e. The summed E-state index contributed by atoms with van der Waals surface area (Å²) < 4.78 is 5.68. The van der Waals surface area contributed by atoms with Crippen LogP contribution in [0.1, 0.15) is 41.5 Å². The average molecular weight is 429 g/mol. The molecule has 6 nitrogen and oxygen atoms in total. The molecule has 3 heterocycles. The van der Waals surface area contributed by atoms with E-state index in [9.17, 15) is 4.79 Å². The van der Waals surface area contributed by atoms with Crippen LogP contribution in [0.5, 0.6) is 5.75 Å². The van der Waals surface area contributed by atoms with Crippen molar-refractivity contribution >= 4 is 33.7 Å². The van der Waals surface area contributed by atoms with Gasteiger partial charge in [0.05, 0.1) is 16.9 Å². The number of nitrogens with zero attached hydrogens (tertiary/aromatic N) is 3. The van der Waals surface area contributed by atoms with Crippen molar-refractivity contribution in [2.24, 2.45) is 5.92 Å². The average Bonchev–Trinajstić information content (AvgIpc) is 3.41. The molecule has 3 aromatic rings. The Morgan fingerprint density at radius 2 is 2.00 bits per heavy atom. The highest BCUT2D eigenvalue weighted by Crippen LogP contribution is 2.22. The molecule has 0 radical (unpaired) electrons. The molecule has 0 unspecified atom stereocenters. The van der Waals surface area contributed by atoms with Gasteiger partial charge < -0.3 is 4.74 Å². The standard InChI is InChI=1S/C21H24N4O2S2/c1-15-6-8-25(9-7-15)10-17-13-29-21(23-17)24-20(26)16-2-4-19(5-3-16)27-11-18-12-28-14-22-18/h2-5,12-15H,6-11H2,1H3,(H,23,24,26). The van der Waals surface area contributed by atoms with E-state index in [1.165, 1.54) is 24.2 Å². The molecule has 4 rings (SSSR count). The van der Waals surface area contributed by atoms with Crippen molar-refractivity contribution in [2.75, 3.05) is 18.4 Å². The third-order valence-corrected chi connectivity index (χ3v) is 6.46. The third kappa shape index (κ3) is 5.62. The van der Waals surface area contributed by atoms with E-state index in [0.717, 1.165) is 36.9 Å². The molecule has 8 heteroatoms. The summed E-state index contributed by atoms with van der Waals surface area (Å²) in [7, 11) is 0. The van der Waals surface area contributed by atoms with E-state index in [2.05, 4.69) is 27.1 Å². The Morgan fingerprint density at radius 3 is 2.72 bits per heavy atom. The van der Waals surface area contributed by atoms with Crippen LogP contribution >= 0.6 is 22.7 Å². The molecule has 0 aliphatic carbocycles. The summed E-state index contributed by atoms with van der Waals surface area (Å²) in [5.41, 5.74) is 4.28. The normalized spacial score (nSPS) is 15.3. The highest BCUT2D eigenvalue weighted by Gasteiger charge is 2.17. The fourth-order valence-corrected chi connectivity index (χ4v) is 4.46. The molecule has 0 atom stereocenters. The van der Waals surface area contributed by atoms with Gasteiger partial charge >= 0.3 is 0 Å². The number of hydrogen-bond donors (Lipinski definition) is 1. The lowest BCUT2D eigenvalue weighted by molar-refractivity contribution is 0.102. The van der Waals surface area contributed by atoms with Gasteiger partial charge in [-0.25, -0.2) is 9.97 Å². The van der Waals surface area contributed by atoms with Crippen LogP contribution in [-0.4, -0.2) is 33.9 Å². The van der Waals surface area contributed by atoms with Crippen LogP contribution in [0.15, 0.2) is 40.5 Å². The number of aromatic nitrogens is 2. The smallest absolute Gasteiger partial charge is 0.257 e. The number of amides is 1. The van der Waals surface area contributed by atoms with E-state index in [1.54, 1.807) is 41.1 Å². The van der Waals surface area contributed by atoms with Crippen LogP contribution in [-0.2, 0) is 13.2 Å². The molecule has 0 bridgehead atoms. The zero-order chi connectivity index (χ0) is 20.1. The summed E-state index contributed by atoms with van der Waals surface area (Å²) >= 11 is 3.01. The largest absolute Gasteiger partial charge is 0.487 e. The Bertz CT molecular complexity index is 917. The SMILES string of the molecule is CC1CCN(Cc2csc(NC(=O)c3ccc(OCc4cscn4)cc3)n2)CC1. The highest BCUT2D eigenvalue weighted by atomic mass is 32.1. The lowest BCUT2D eigenvalue weighted by atomic mass is 9.99. The summed E-state index contributed by atoms with van der Waals surface area (Å²) in [5, 5.41) is 7.52. The van der Waals surface area contributed by atoms with Gasteiger partial charge in [0.15, 0.2) is 5.13 Å². The number of benzene rings is 1. The Kier molecular flexibility index (Phi) is 6.53. The maximum absolute atomic E-state index is 12.5. The molecule has 2 aromatic heterocycles. The van der Waals surface area contributed by atoms with Crippen LogP contribution in [0.25, 0.3) is 0 Å². The van der Waals surface area contributed by atoms with Gasteiger partial charge in [-0.1, -0.05) is 6.92 Å². The maximum atomic E-state index is 12.5. The number of piperidine rings is 1. The fourth-order valence-electron chi connectivity index (χ4n) is 3.22. The number of carbonyl (C=O) groups is 1. The molecule has 1 aromatic carbocycles. The summed E-state index contributed by atoms with van der Waals surface area (Å²) in [6, 6.07) is 7.11. The molecule has 1 fully saturated rings. The first-order valence-corrected chi connectivity index (χ1v) is 11.6. The first-order valence-electron chi connectivity index (χ1n) is 9.74. The number of likely N-dealkylation sites (tertiary alicyclic amines) is 1. The van der Waals surface area contributed by atoms with Gasteiger partial charge in [-0.3, -0.25) is 15.0 Å². The quantitative estimate of drug-likeness (QED) is 0.593. The second kappa shape index (κ2) is 9.47. The molecule has 29 heavy (non-hydrogen) atoms. The van der Waals surface area contributed by atoms with Gasteiger partial charge in [-0.05, 0) is 56.1 Å². The van der Waals surface area contributed by atoms with E-state index in [1.807, 2.05) is 10.8 Å². The lowest BCUT2D eigenvalue weighted by Crippen LogP contribution is -2.32. The molecule has 1 saturated heterocycles. The molecule has 1 N–H and O–H groups in total. The van der Waals surface area contributed by atoms with Gasteiger partial charge in [0.25, 0.3) is 5.91 Å². The highest BCUT2D eigenvalue weighted by molar-refractivity contribution is 7.14. The van der Waals surface area contributed by atoms with Crippen molar-refractivity contribution in [3.63, 3.8) is 0 Å². The van der Waals surface area contributed by atoms with Crippen molar-refractivity contribution in [3.05, 3.63) is 57.5 Å². The number of ether oxygens (including phenoxy) is 1. The van der Waals surface area contributed by atoms with E-state index < -0.39 is 0 Å². The Morgan fingerprint density at radius 1 is 1.21 bits per heavy atom. The van der Waals surface area contributed by atoms with Gasteiger partial charge in [0.1, 0.15) is 12.4 Å². The minimum Gasteiger partial charge on any atom is -0.487 e. The topological polar surface area (TPSA) is 67.4 Å². The van der Waals surface area contributed by atoms with Gasteiger partial charge in [0.2, 0.25) is 0 Å². The second-order valence-electron chi connectivity index (χ2n) is 7.35. The number of hydrogen-bond acceptors (Lipinski definition) is 7. The van der Waals surface area contributed by atoms with Crippen molar-refractivity contribution in [1.29, 1.82) is 0 Å². The van der Waals surface area contributed by atoms with Crippen LogP contribution in [0, 0.1) is 5.92 Å². The molecule has 1 amide bonds. The molecule has 1 aliphatic rings. The second-order valence-corrected chi connectivity index (χ2v) is 8.93. The number of thiazole rings is 2. The van der Waals surface area contributed by atoms with Crippen LogP contribution in [0.2, 0.25) is 0 Å². The van der Waals surface area contributed by atoms with Crippen LogP contribution < -0.4 is 10.1 Å². The van der Waals surface area contributed by atoms with E-state index in [-0.39, 0.29) is 5.91 Å². The third-order valence-electron chi connectivity index (χ3n) is 5.02. The minimum absolute atomic E-state index is 0.163. The van der Waals surface area contributed by atoms with Crippen molar-refractivity contribution < 1.29 is 9.53 Å². The minimum atomic E-state index is -0.163. The molecular weight excluding hydrogens is 404 g/mol. The summed E-state index contributed by atoms with van der Waals surface area (Å²) in [6.07, 6.45) is 2.49. The first-order chi connectivity index (χ1) is 14.2. The molecule has 152 valence electrons. The lowest BCUT2D eigenvalue weighted by Gasteiger charge is -2.29. The van der Waals surface area contributed by atoms with E-state index in [4.69, 9.17) is 4.74 Å². The Labute approximate surface area is 178 Å². The Balaban J connectivity index is 1.28. The summed E-state index contributed by atoms with van der Waals surface area (Å²) in [4.78, 5) is 23.7. The predicted octanol–water partition coefficient (Wildman–Crippen LogP) is 4.66. The number of anilines is 1. The number of rotatable bonds is 7. The summed E-state index contributed by atoms with van der Waals surface area (Å²) in [5.74, 6) is 1.37. The zero-order valence-electron chi connectivity index (χ0n) is 16.3. The van der Waals surface area contributed by atoms with Gasteiger partial charge in [0, 0.05) is 22.9 Å². The van der Waals surface area contributed by atoms with Crippen molar-refractivity contribution in [1.82, 2.24) is 14.9 Å². The number of nitrogens with one attached hydrogen (secondary N) is 1. The van der Waals surface area contributed by atoms with Gasteiger partial charge in [-0.15, -0.1) is 22.7 Å². The molecular formula is C21H24N4O2S2. The number of carbonyl (C=O) groups excluding carboxylic acids is 1. The first kappa shape index (κ1) is 20.0. The van der Waals surface area contributed by atoms with Crippen LogP contribution in [0.4, 0.5) is 5.13 Å².